The minimum absolute atomic E-state index is 0.256. The lowest BCUT2D eigenvalue weighted by molar-refractivity contribution is 0.0480. The van der Waals surface area contributed by atoms with Crippen molar-refractivity contribution in [2.75, 3.05) is 6.61 Å². The summed E-state index contributed by atoms with van der Waals surface area (Å²) in [6, 6.07) is 16.6. The van der Waals surface area contributed by atoms with Crippen molar-refractivity contribution in [1.29, 1.82) is 0 Å². The van der Waals surface area contributed by atoms with Crippen molar-refractivity contribution in [2.45, 2.75) is 6.92 Å². The molecule has 1 N–H and O–H groups in total. The number of esters is 1. The minimum atomic E-state index is -0.536. The number of aromatic nitrogens is 3. The number of aromatic amines is 1. The van der Waals surface area contributed by atoms with Crippen LogP contribution >= 0.6 is 22.9 Å². The zero-order valence-corrected chi connectivity index (χ0v) is 18.0. The molecule has 5 rings (SSSR count). The number of para-hydroxylation sites is 1. The second-order valence-electron chi connectivity index (χ2n) is 7.05. The predicted octanol–water partition coefficient (Wildman–Crippen LogP) is 5.57. The summed E-state index contributed by atoms with van der Waals surface area (Å²) in [5, 5.41) is 6.83. The molecule has 8 heteroatoms. The van der Waals surface area contributed by atoms with Gasteiger partial charge in [-0.3, -0.25) is 4.79 Å². The molecule has 0 radical (unpaired) electrons. The molecule has 0 bridgehead atoms. The average Bonchev–Trinajstić information content (AvgIpc) is 3.46. The van der Waals surface area contributed by atoms with Gasteiger partial charge >= 0.3 is 5.97 Å². The number of carbonyl (C=O) groups is 2. The zero-order chi connectivity index (χ0) is 21.5. The van der Waals surface area contributed by atoms with Crippen LogP contribution in [0.1, 0.15) is 25.7 Å². The van der Waals surface area contributed by atoms with Crippen molar-refractivity contribution in [2.24, 2.45) is 0 Å². The molecule has 3 heterocycles. The molecule has 0 spiro atoms. The van der Waals surface area contributed by atoms with E-state index in [-0.39, 0.29) is 12.4 Å². The topological polar surface area (TPSA) is 77.0 Å². The van der Waals surface area contributed by atoms with Crippen LogP contribution in [0, 0.1) is 6.92 Å². The molecule has 31 heavy (non-hydrogen) atoms. The third-order valence-electron chi connectivity index (χ3n) is 5.02. The standard InChI is InChI=1S/C23H16ClN3O3S/c1-13-17-10-21(31-22(17)27(26-13)15-6-4-5-14(24)9-15)23(29)30-12-20(28)18-11-25-19-8-3-2-7-16(18)19/h2-11,25H,12H2,1H3. The van der Waals surface area contributed by atoms with Gasteiger partial charge in [-0.15, -0.1) is 11.3 Å². The number of hydrogen-bond donors (Lipinski definition) is 1. The number of nitrogens with zero attached hydrogens (tertiary/aromatic N) is 2. The molecule has 0 aliphatic rings. The van der Waals surface area contributed by atoms with Crippen molar-refractivity contribution in [1.82, 2.24) is 14.8 Å². The number of aryl methyl sites for hydroxylation is 1. The Labute approximate surface area is 186 Å². The van der Waals surface area contributed by atoms with E-state index in [0.29, 0.717) is 15.5 Å². The molecule has 0 amide bonds. The van der Waals surface area contributed by atoms with E-state index >= 15 is 0 Å². The summed E-state index contributed by atoms with van der Waals surface area (Å²) in [6.45, 7) is 1.56. The number of halogens is 1. The lowest BCUT2D eigenvalue weighted by Crippen LogP contribution is -2.13. The number of rotatable bonds is 5. The van der Waals surface area contributed by atoms with E-state index in [1.165, 1.54) is 11.3 Å². The molecule has 3 aromatic heterocycles. The van der Waals surface area contributed by atoms with Crippen LogP contribution in [0.25, 0.3) is 26.8 Å². The van der Waals surface area contributed by atoms with Gasteiger partial charge in [0.2, 0.25) is 5.78 Å². The highest BCUT2D eigenvalue weighted by atomic mass is 35.5. The molecule has 0 aliphatic carbocycles. The van der Waals surface area contributed by atoms with E-state index in [1.54, 1.807) is 23.0 Å². The number of fused-ring (bicyclic) bond motifs is 2. The lowest BCUT2D eigenvalue weighted by Gasteiger charge is -2.03. The fourth-order valence-electron chi connectivity index (χ4n) is 3.51. The number of nitrogens with one attached hydrogen (secondary N) is 1. The Kier molecular flexibility index (Phi) is 4.84. The molecule has 5 aromatic rings. The molecule has 0 fully saturated rings. The Balaban J connectivity index is 1.38. The number of benzene rings is 2. The second-order valence-corrected chi connectivity index (χ2v) is 8.52. The first kappa shape index (κ1) is 19.5. The molecule has 0 aliphatic heterocycles. The van der Waals surface area contributed by atoms with Gasteiger partial charge in [0.1, 0.15) is 9.71 Å². The SMILES string of the molecule is Cc1nn(-c2cccc(Cl)c2)c2sc(C(=O)OCC(=O)c3c[nH]c4ccccc34)cc12. The zero-order valence-electron chi connectivity index (χ0n) is 16.4. The van der Waals surface area contributed by atoms with Crippen LogP contribution in [0.5, 0.6) is 0 Å². The van der Waals surface area contributed by atoms with E-state index in [0.717, 1.165) is 32.5 Å². The Morgan fingerprint density at radius 3 is 2.81 bits per heavy atom. The van der Waals surface area contributed by atoms with Crippen LogP contribution in [-0.2, 0) is 4.74 Å². The first-order valence-corrected chi connectivity index (χ1v) is 10.7. The fourth-order valence-corrected chi connectivity index (χ4v) is 4.77. The molecule has 0 atom stereocenters. The highest BCUT2D eigenvalue weighted by molar-refractivity contribution is 7.20. The third-order valence-corrected chi connectivity index (χ3v) is 6.35. The van der Waals surface area contributed by atoms with Gasteiger partial charge in [0.05, 0.1) is 11.4 Å². The Morgan fingerprint density at radius 1 is 1.13 bits per heavy atom. The summed E-state index contributed by atoms with van der Waals surface area (Å²) < 4.78 is 7.08. The maximum Gasteiger partial charge on any atom is 0.348 e. The van der Waals surface area contributed by atoms with E-state index in [1.807, 2.05) is 49.4 Å². The lowest BCUT2D eigenvalue weighted by atomic mass is 10.1. The van der Waals surface area contributed by atoms with Gasteiger partial charge in [-0.2, -0.15) is 5.10 Å². The monoisotopic (exact) mass is 449 g/mol. The van der Waals surface area contributed by atoms with Crippen molar-refractivity contribution in [3.05, 3.63) is 82.0 Å². The van der Waals surface area contributed by atoms with E-state index in [9.17, 15) is 9.59 Å². The normalized spacial score (nSPS) is 11.3. The quantitative estimate of drug-likeness (QED) is 0.281. The van der Waals surface area contributed by atoms with Crippen LogP contribution in [0.3, 0.4) is 0 Å². The molecule has 0 saturated heterocycles. The largest absolute Gasteiger partial charge is 0.453 e. The van der Waals surface area contributed by atoms with Crippen LogP contribution in [0.15, 0.2) is 60.8 Å². The number of ketones is 1. The number of ether oxygens (including phenoxy) is 1. The number of hydrogen-bond acceptors (Lipinski definition) is 5. The number of carbonyl (C=O) groups excluding carboxylic acids is 2. The van der Waals surface area contributed by atoms with Gasteiger partial charge in [0, 0.05) is 33.1 Å². The fraction of sp³-hybridized carbons (Fsp3) is 0.0870. The maximum atomic E-state index is 12.6. The molecule has 6 nitrogen and oxygen atoms in total. The molecular weight excluding hydrogens is 434 g/mol. The van der Waals surface area contributed by atoms with Gasteiger partial charge in [-0.1, -0.05) is 35.9 Å². The summed E-state index contributed by atoms with van der Waals surface area (Å²) in [4.78, 5) is 29.5. The molecular formula is C23H16ClN3O3S. The Morgan fingerprint density at radius 2 is 1.97 bits per heavy atom. The highest BCUT2D eigenvalue weighted by Gasteiger charge is 2.20. The number of thiophene rings is 1. The molecule has 2 aromatic carbocycles. The van der Waals surface area contributed by atoms with Gasteiger partial charge in [-0.05, 0) is 37.3 Å². The maximum absolute atomic E-state index is 12.6. The summed E-state index contributed by atoms with van der Waals surface area (Å²) >= 11 is 7.38. The highest BCUT2D eigenvalue weighted by Crippen LogP contribution is 2.31. The van der Waals surface area contributed by atoms with Crippen molar-refractivity contribution >= 4 is 55.8 Å². The van der Waals surface area contributed by atoms with Crippen LogP contribution in [-0.4, -0.2) is 33.1 Å². The van der Waals surface area contributed by atoms with Gasteiger partial charge in [0.15, 0.2) is 6.61 Å². The Hall–Kier alpha value is -3.42. The average molecular weight is 450 g/mol. The van der Waals surface area contributed by atoms with Gasteiger partial charge in [0.25, 0.3) is 0 Å². The number of H-pyrrole nitrogens is 1. The summed E-state index contributed by atoms with van der Waals surface area (Å²) in [5.41, 5.74) is 2.97. The summed E-state index contributed by atoms with van der Waals surface area (Å²) in [5.74, 6) is -0.792. The van der Waals surface area contributed by atoms with Crippen LogP contribution in [0.4, 0.5) is 0 Å². The van der Waals surface area contributed by atoms with Crippen molar-refractivity contribution in [3.63, 3.8) is 0 Å². The van der Waals surface area contributed by atoms with E-state index in [4.69, 9.17) is 16.3 Å². The van der Waals surface area contributed by atoms with E-state index < -0.39 is 5.97 Å². The second kappa shape index (κ2) is 7.68. The first-order chi connectivity index (χ1) is 15.0. The molecule has 0 unspecified atom stereocenters. The first-order valence-electron chi connectivity index (χ1n) is 9.53. The minimum Gasteiger partial charge on any atom is -0.453 e. The number of Topliss-reactive ketones (excluding diaryl/α,β-unsaturated/α-hetero) is 1. The van der Waals surface area contributed by atoms with Gasteiger partial charge in [-0.25, -0.2) is 9.48 Å². The summed E-state index contributed by atoms with van der Waals surface area (Å²) in [6.07, 6.45) is 1.64. The van der Waals surface area contributed by atoms with Crippen molar-refractivity contribution in [3.8, 4) is 5.69 Å². The van der Waals surface area contributed by atoms with Crippen LogP contribution in [0.2, 0.25) is 5.02 Å². The van der Waals surface area contributed by atoms with Gasteiger partial charge < -0.3 is 9.72 Å². The third kappa shape index (κ3) is 3.52. The summed E-state index contributed by atoms with van der Waals surface area (Å²) in [7, 11) is 0. The Bertz CT molecular complexity index is 1460. The van der Waals surface area contributed by atoms with Crippen LogP contribution < -0.4 is 0 Å². The van der Waals surface area contributed by atoms with E-state index in [2.05, 4.69) is 10.1 Å². The predicted molar refractivity (Wildman–Crippen MR) is 122 cm³/mol. The van der Waals surface area contributed by atoms with Crippen molar-refractivity contribution < 1.29 is 14.3 Å². The smallest absolute Gasteiger partial charge is 0.348 e. The molecule has 0 saturated carbocycles. The molecule has 154 valence electrons.